The molecule has 0 saturated carbocycles. The Hall–Kier alpha value is -1.09. The van der Waals surface area contributed by atoms with Gasteiger partial charge in [0, 0.05) is 25.0 Å². The first-order chi connectivity index (χ1) is 10.4. The lowest BCUT2D eigenvalue weighted by Gasteiger charge is -2.13. The number of amides is 1. The highest BCUT2D eigenvalue weighted by atomic mass is 32.2. The molecule has 0 radical (unpaired) electrons. The standard InChI is InChI=1S/C14H20N2O4S2/c1-10(17)16-13-8-12(5-6-14(13)21-2)22(18,19)15-9-11-4-3-7-20-11/h5-6,8,11,15H,3-4,7,9H2,1-2H3,(H,16,17). The number of anilines is 1. The largest absolute Gasteiger partial charge is 0.377 e. The van der Waals surface area contributed by atoms with Gasteiger partial charge in [-0.15, -0.1) is 11.8 Å². The van der Waals surface area contributed by atoms with Gasteiger partial charge in [-0.3, -0.25) is 4.79 Å². The predicted molar refractivity (Wildman–Crippen MR) is 86.7 cm³/mol. The van der Waals surface area contributed by atoms with Crippen LogP contribution < -0.4 is 10.0 Å². The normalized spacial score (nSPS) is 18.4. The molecule has 1 saturated heterocycles. The van der Waals surface area contributed by atoms with Gasteiger partial charge in [-0.2, -0.15) is 0 Å². The van der Waals surface area contributed by atoms with E-state index in [9.17, 15) is 13.2 Å². The summed E-state index contributed by atoms with van der Waals surface area (Å²) < 4.78 is 32.7. The van der Waals surface area contributed by atoms with Gasteiger partial charge in [0.05, 0.1) is 16.7 Å². The molecule has 1 aromatic carbocycles. The van der Waals surface area contributed by atoms with Crippen molar-refractivity contribution >= 4 is 33.4 Å². The number of hydrogen-bond acceptors (Lipinski definition) is 5. The Balaban J connectivity index is 2.16. The topological polar surface area (TPSA) is 84.5 Å². The van der Waals surface area contributed by atoms with E-state index in [1.54, 1.807) is 6.07 Å². The molecule has 1 aliphatic rings. The Labute approximate surface area is 135 Å². The zero-order valence-corrected chi connectivity index (χ0v) is 14.2. The molecule has 0 bridgehead atoms. The van der Waals surface area contributed by atoms with Gasteiger partial charge in [0.2, 0.25) is 15.9 Å². The van der Waals surface area contributed by atoms with Gasteiger partial charge >= 0.3 is 0 Å². The molecular weight excluding hydrogens is 324 g/mol. The van der Waals surface area contributed by atoms with Crippen LogP contribution in [0.3, 0.4) is 0 Å². The van der Waals surface area contributed by atoms with E-state index < -0.39 is 10.0 Å². The lowest BCUT2D eigenvalue weighted by molar-refractivity contribution is -0.114. The molecule has 1 fully saturated rings. The van der Waals surface area contributed by atoms with Gasteiger partial charge in [0.25, 0.3) is 0 Å². The van der Waals surface area contributed by atoms with Crippen molar-refractivity contribution in [2.75, 3.05) is 24.7 Å². The molecule has 0 aliphatic carbocycles. The Kier molecular flexibility index (Phi) is 5.85. The molecule has 2 N–H and O–H groups in total. The third-order valence-electron chi connectivity index (χ3n) is 3.32. The third kappa shape index (κ3) is 4.45. The van der Waals surface area contributed by atoms with Gasteiger partial charge in [-0.25, -0.2) is 13.1 Å². The molecule has 0 aromatic heterocycles. The van der Waals surface area contributed by atoms with Crippen molar-refractivity contribution in [3.05, 3.63) is 18.2 Å². The van der Waals surface area contributed by atoms with Crippen LogP contribution in [-0.4, -0.2) is 39.8 Å². The molecular formula is C14H20N2O4S2. The zero-order valence-electron chi connectivity index (χ0n) is 12.6. The number of sulfonamides is 1. The average Bonchev–Trinajstić information content (AvgIpc) is 2.98. The van der Waals surface area contributed by atoms with Crippen LogP contribution in [0.15, 0.2) is 28.0 Å². The molecule has 8 heteroatoms. The minimum atomic E-state index is -3.62. The quantitative estimate of drug-likeness (QED) is 0.769. The van der Waals surface area contributed by atoms with Gasteiger partial charge in [0.15, 0.2) is 0 Å². The summed E-state index contributed by atoms with van der Waals surface area (Å²) in [4.78, 5) is 12.2. The van der Waals surface area contributed by atoms with Crippen LogP contribution in [0.4, 0.5) is 5.69 Å². The highest BCUT2D eigenvalue weighted by Crippen LogP contribution is 2.28. The summed E-state index contributed by atoms with van der Waals surface area (Å²) >= 11 is 1.44. The first-order valence-electron chi connectivity index (χ1n) is 6.99. The van der Waals surface area contributed by atoms with Gasteiger partial charge in [-0.05, 0) is 37.3 Å². The molecule has 0 spiro atoms. The lowest BCUT2D eigenvalue weighted by Crippen LogP contribution is -2.31. The molecule has 1 aromatic rings. The minimum Gasteiger partial charge on any atom is -0.377 e. The van der Waals surface area contributed by atoms with Crippen molar-refractivity contribution in [2.24, 2.45) is 0 Å². The van der Waals surface area contributed by atoms with E-state index in [1.165, 1.54) is 30.8 Å². The second-order valence-corrected chi connectivity index (χ2v) is 7.65. The second-order valence-electron chi connectivity index (χ2n) is 5.03. The van der Waals surface area contributed by atoms with Crippen LogP contribution in [0.2, 0.25) is 0 Å². The van der Waals surface area contributed by atoms with E-state index in [0.717, 1.165) is 17.7 Å². The van der Waals surface area contributed by atoms with E-state index in [1.807, 2.05) is 6.26 Å². The van der Waals surface area contributed by atoms with E-state index in [0.29, 0.717) is 12.3 Å². The van der Waals surface area contributed by atoms with Gasteiger partial charge in [-0.1, -0.05) is 0 Å². The summed E-state index contributed by atoms with van der Waals surface area (Å²) in [5.41, 5.74) is 0.500. The highest BCUT2D eigenvalue weighted by molar-refractivity contribution is 7.98. The SMILES string of the molecule is CSc1ccc(S(=O)(=O)NCC2CCCO2)cc1NC(C)=O. The number of benzene rings is 1. The molecule has 1 aliphatic heterocycles. The molecule has 1 unspecified atom stereocenters. The lowest BCUT2D eigenvalue weighted by atomic mass is 10.2. The van der Waals surface area contributed by atoms with E-state index >= 15 is 0 Å². The second kappa shape index (κ2) is 7.45. The Morgan fingerprint density at radius 1 is 1.45 bits per heavy atom. The maximum Gasteiger partial charge on any atom is 0.240 e. The summed E-state index contributed by atoms with van der Waals surface area (Å²) in [6, 6.07) is 4.70. The van der Waals surface area contributed by atoms with Crippen molar-refractivity contribution in [1.82, 2.24) is 4.72 Å². The van der Waals surface area contributed by atoms with Gasteiger partial charge < -0.3 is 10.1 Å². The van der Waals surface area contributed by atoms with Crippen LogP contribution in [0.5, 0.6) is 0 Å². The maximum absolute atomic E-state index is 12.3. The van der Waals surface area contributed by atoms with Crippen LogP contribution in [0, 0.1) is 0 Å². The van der Waals surface area contributed by atoms with Crippen LogP contribution in [0.1, 0.15) is 19.8 Å². The Morgan fingerprint density at radius 3 is 2.82 bits per heavy atom. The first kappa shape index (κ1) is 17.3. The number of rotatable bonds is 6. The fourth-order valence-electron chi connectivity index (χ4n) is 2.23. The number of carbonyl (C=O) groups is 1. The molecule has 122 valence electrons. The molecule has 1 heterocycles. The summed E-state index contributed by atoms with van der Waals surface area (Å²) in [7, 11) is -3.62. The van der Waals surface area contributed by atoms with E-state index in [4.69, 9.17) is 4.74 Å². The summed E-state index contributed by atoms with van der Waals surface area (Å²) in [5.74, 6) is -0.239. The monoisotopic (exact) mass is 344 g/mol. The number of ether oxygens (including phenoxy) is 1. The summed E-state index contributed by atoms with van der Waals surface area (Å²) in [6.45, 7) is 2.34. The van der Waals surface area contributed by atoms with E-state index in [-0.39, 0.29) is 23.5 Å². The molecule has 1 amide bonds. The first-order valence-corrected chi connectivity index (χ1v) is 9.70. The average molecular weight is 344 g/mol. The molecule has 1 atom stereocenters. The van der Waals surface area contributed by atoms with E-state index in [2.05, 4.69) is 10.0 Å². The number of thioether (sulfide) groups is 1. The zero-order chi connectivity index (χ0) is 16.2. The number of nitrogens with one attached hydrogen (secondary N) is 2. The van der Waals surface area contributed by atoms with Crippen molar-refractivity contribution in [3.63, 3.8) is 0 Å². The summed E-state index contributed by atoms with van der Waals surface area (Å²) in [5, 5.41) is 2.66. The van der Waals surface area contributed by atoms with Gasteiger partial charge in [0.1, 0.15) is 0 Å². The van der Waals surface area contributed by atoms with Crippen molar-refractivity contribution in [3.8, 4) is 0 Å². The highest BCUT2D eigenvalue weighted by Gasteiger charge is 2.21. The van der Waals surface area contributed by atoms with Crippen molar-refractivity contribution < 1.29 is 17.9 Å². The fourth-order valence-corrected chi connectivity index (χ4v) is 3.86. The Morgan fingerprint density at radius 2 is 2.23 bits per heavy atom. The molecule has 2 rings (SSSR count). The number of carbonyl (C=O) groups excluding carboxylic acids is 1. The van der Waals surface area contributed by atoms with Crippen molar-refractivity contribution in [2.45, 2.75) is 35.7 Å². The molecule has 22 heavy (non-hydrogen) atoms. The van der Waals surface area contributed by atoms with Crippen LogP contribution in [-0.2, 0) is 19.6 Å². The minimum absolute atomic E-state index is 0.0601. The summed E-state index contributed by atoms with van der Waals surface area (Å²) in [6.07, 6.45) is 3.63. The fraction of sp³-hybridized carbons (Fsp3) is 0.500. The predicted octanol–water partition coefficient (Wildman–Crippen LogP) is 1.82. The number of hydrogen-bond donors (Lipinski definition) is 2. The maximum atomic E-state index is 12.3. The third-order valence-corrected chi connectivity index (χ3v) is 5.53. The smallest absolute Gasteiger partial charge is 0.240 e. The Bertz CT molecular complexity index is 640. The molecule has 6 nitrogen and oxygen atoms in total. The van der Waals surface area contributed by atoms with Crippen LogP contribution >= 0.6 is 11.8 Å². The van der Waals surface area contributed by atoms with Crippen LogP contribution in [0.25, 0.3) is 0 Å². The van der Waals surface area contributed by atoms with Crippen molar-refractivity contribution in [1.29, 1.82) is 0 Å².